The first kappa shape index (κ1) is 15.0. The molecule has 0 radical (unpaired) electrons. The fraction of sp³-hybridized carbons (Fsp3) is 0.250. The van der Waals surface area contributed by atoms with E-state index in [2.05, 4.69) is 27.4 Å². The van der Waals surface area contributed by atoms with Crippen LogP contribution in [0.4, 0.5) is 5.95 Å². The van der Waals surface area contributed by atoms with Gasteiger partial charge in [-0.05, 0) is 29.8 Å². The van der Waals surface area contributed by atoms with Gasteiger partial charge in [-0.2, -0.15) is 4.68 Å². The molecule has 7 heteroatoms. The molecule has 0 saturated heterocycles. The molecule has 1 atom stereocenters. The van der Waals surface area contributed by atoms with Crippen molar-refractivity contribution in [2.24, 2.45) is 0 Å². The normalized spacial score (nSPS) is 16.5. The van der Waals surface area contributed by atoms with Crippen LogP contribution in [0.1, 0.15) is 24.1 Å². The minimum atomic E-state index is -0.431. The number of carbonyl (C=O) groups excluding carboxylic acids is 1. The molecule has 1 aliphatic heterocycles. The predicted molar refractivity (Wildman–Crippen MR) is 84.6 cm³/mol. The number of hydrogen-bond acceptors (Lipinski definition) is 6. The lowest BCUT2D eigenvalue weighted by atomic mass is 9.95. The third-order valence-electron chi connectivity index (χ3n) is 3.66. The second-order valence-electron chi connectivity index (χ2n) is 5.31. The molecular weight excluding hydrogens is 294 g/mol. The topological polar surface area (TPSA) is 81.9 Å². The summed E-state index contributed by atoms with van der Waals surface area (Å²) in [4.78, 5) is 12.5. The van der Waals surface area contributed by atoms with Gasteiger partial charge < -0.3 is 10.1 Å². The summed E-state index contributed by atoms with van der Waals surface area (Å²) in [5, 5.41) is 14.7. The molecule has 0 fully saturated rings. The van der Waals surface area contributed by atoms with E-state index in [4.69, 9.17) is 4.74 Å². The van der Waals surface area contributed by atoms with Crippen LogP contribution in [-0.4, -0.2) is 32.8 Å². The van der Waals surface area contributed by atoms with Crippen LogP contribution >= 0.6 is 0 Å². The number of carbonyl (C=O) groups is 1. The molecule has 2 heterocycles. The van der Waals surface area contributed by atoms with Gasteiger partial charge in [-0.3, -0.25) is 0 Å². The summed E-state index contributed by atoms with van der Waals surface area (Å²) in [6, 6.07) is 7.47. The highest BCUT2D eigenvalue weighted by atomic mass is 16.5. The Morgan fingerprint density at radius 2 is 2.13 bits per heavy atom. The molecule has 0 bridgehead atoms. The molecule has 0 amide bonds. The van der Waals surface area contributed by atoms with E-state index in [1.54, 1.807) is 4.68 Å². The van der Waals surface area contributed by atoms with Crippen LogP contribution < -0.4 is 5.32 Å². The number of hydrogen-bond donors (Lipinski definition) is 1. The summed E-state index contributed by atoms with van der Waals surface area (Å²) in [6.07, 6.45) is 1.54. The van der Waals surface area contributed by atoms with Crippen LogP contribution in [0.5, 0.6) is 0 Å². The number of aryl methyl sites for hydroxylation is 1. The van der Waals surface area contributed by atoms with Gasteiger partial charge in [0.05, 0.1) is 5.57 Å². The van der Waals surface area contributed by atoms with Gasteiger partial charge in [0.1, 0.15) is 12.6 Å². The lowest BCUT2D eigenvalue weighted by Crippen LogP contribution is -2.29. The molecule has 1 N–H and O–H groups in total. The zero-order valence-electron chi connectivity index (χ0n) is 13.0. The molecule has 1 aromatic heterocycles. The van der Waals surface area contributed by atoms with Gasteiger partial charge in [-0.25, -0.2) is 4.79 Å². The maximum atomic E-state index is 12.5. The minimum absolute atomic E-state index is 0.151. The van der Waals surface area contributed by atoms with E-state index in [0.717, 1.165) is 11.1 Å². The van der Waals surface area contributed by atoms with Gasteiger partial charge in [0.2, 0.25) is 5.95 Å². The van der Waals surface area contributed by atoms with Gasteiger partial charge in [0.25, 0.3) is 0 Å². The third-order valence-corrected chi connectivity index (χ3v) is 3.66. The molecule has 2 aromatic rings. The number of esters is 1. The number of anilines is 1. The lowest BCUT2D eigenvalue weighted by molar-refractivity contribution is -0.138. The lowest BCUT2D eigenvalue weighted by Gasteiger charge is -2.27. The summed E-state index contributed by atoms with van der Waals surface area (Å²) in [6.45, 7) is 7.53. The van der Waals surface area contributed by atoms with Gasteiger partial charge in [-0.15, -0.1) is 0 Å². The number of nitrogens with zero attached hydrogens (tertiary/aromatic N) is 4. The number of fused-ring (bicyclic) bond motifs is 1. The number of allylic oxidation sites excluding steroid dienone is 1. The van der Waals surface area contributed by atoms with E-state index < -0.39 is 12.0 Å². The number of aromatic nitrogens is 4. The van der Waals surface area contributed by atoms with Crippen molar-refractivity contribution in [1.29, 1.82) is 0 Å². The molecule has 0 spiro atoms. The largest absolute Gasteiger partial charge is 0.458 e. The number of nitrogens with one attached hydrogen (secondary N) is 1. The Hall–Kier alpha value is -2.96. The molecule has 3 rings (SSSR count). The van der Waals surface area contributed by atoms with Crippen LogP contribution in [0.15, 0.2) is 48.2 Å². The summed E-state index contributed by atoms with van der Waals surface area (Å²) in [5.41, 5.74) is 3.20. The first-order chi connectivity index (χ1) is 11.1. The Kier molecular flexibility index (Phi) is 3.92. The number of rotatable bonds is 4. The van der Waals surface area contributed by atoms with Crippen LogP contribution in [0.3, 0.4) is 0 Å². The minimum Gasteiger partial charge on any atom is -0.458 e. The SMILES string of the molecule is C=CCOC(=O)C1=C(C)Nc2nnnn2[C@@H]1c1ccc(C)cc1. The van der Waals surface area contributed by atoms with Gasteiger partial charge in [0, 0.05) is 5.70 Å². The maximum absolute atomic E-state index is 12.5. The fourth-order valence-corrected chi connectivity index (χ4v) is 2.55. The van der Waals surface area contributed by atoms with E-state index >= 15 is 0 Å². The third kappa shape index (κ3) is 2.73. The summed E-state index contributed by atoms with van der Waals surface area (Å²) in [5.74, 6) is 0.0787. The van der Waals surface area contributed by atoms with Gasteiger partial charge >= 0.3 is 5.97 Å². The zero-order chi connectivity index (χ0) is 16.4. The summed E-state index contributed by atoms with van der Waals surface area (Å²) >= 11 is 0. The number of ether oxygens (including phenoxy) is 1. The first-order valence-electron chi connectivity index (χ1n) is 7.22. The highest BCUT2D eigenvalue weighted by Crippen LogP contribution is 2.34. The predicted octanol–water partition coefficient (Wildman–Crippen LogP) is 2.00. The maximum Gasteiger partial charge on any atom is 0.338 e. The summed E-state index contributed by atoms with van der Waals surface area (Å²) in [7, 11) is 0. The van der Waals surface area contributed by atoms with Crippen molar-refractivity contribution in [2.45, 2.75) is 19.9 Å². The number of benzene rings is 1. The zero-order valence-corrected chi connectivity index (χ0v) is 13.0. The molecule has 23 heavy (non-hydrogen) atoms. The van der Waals surface area contributed by atoms with E-state index in [0.29, 0.717) is 17.2 Å². The highest BCUT2D eigenvalue weighted by Gasteiger charge is 2.34. The Balaban J connectivity index is 2.08. The summed E-state index contributed by atoms with van der Waals surface area (Å²) < 4.78 is 6.82. The van der Waals surface area contributed by atoms with Crippen molar-refractivity contribution < 1.29 is 9.53 Å². The van der Waals surface area contributed by atoms with Crippen molar-refractivity contribution in [1.82, 2.24) is 20.2 Å². The van der Waals surface area contributed by atoms with Gasteiger partial charge in [0.15, 0.2) is 0 Å². The molecular formula is C16H17N5O2. The van der Waals surface area contributed by atoms with E-state index in [-0.39, 0.29) is 6.61 Å². The first-order valence-corrected chi connectivity index (χ1v) is 7.22. The number of tetrazole rings is 1. The van der Waals surface area contributed by atoms with Crippen LogP contribution in [-0.2, 0) is 9.53 Å². The average Bonchev–Trinajstić information content (AvgIpc) is 3.00. The molecule has 0 saturated carbocycles. The standard InChI is InChI=1S/C16H17N5O2/c1-4-9-23-15(22)13-11(3)17-16-18-19-20-21(16)14(13)12-7-5-10(2)6-8-12/h4-8,14H,1,9H2,2-3H3,(H,17,18,20)/t14-/m1/s1. The van der Waals surface area contributed by atoms with Crippen LogP contribution in [0.2, 0.25) is 0 Å². The van der Waals surface area contributed by atoms with Crippen molar-refractivity contribution in [3.63, 3.8) is 0 Å². The molecule has 1 aliphatic rings. The Morgan fingerprint density at radius 1 is 1.39 bits per heavy atom. The van der Waals surface area contributed by atoms with Crippen molar-refractivity contribution in [3.8, 4) is 0 Å². The monoisotopic (exact) mass is 311 g/mol. The van der Waals surface area contributed by atoms with E-state index in [1.807, 2.05) is 38.1 Å². The smallest absolute Gasteiger partial charge is 0.338 e. The van der Waals surface area contributed by atoms with Gasteiger partial charge in [-0.1, -0.05) is 47.6 Å². The van der Waals surface area contributed by atoms with Crippen molar-refractivity contribution in [2.75, 3.05) is 11.9 Å². The molecule has 0 aliphatic carbocycles. The Bertz CT molecular complexity index is 776. The highest BCUT2D eigenvalue weighted by molar-refractivity contribution is 5.92. The van der Waals surface area contributed by atoms with Crippen LogP contribution in [0, 0.1) is 6.92 Å². The van der Waals surface area contributed by atoms with Crippen molar-refractivity contribution >= 4 is 11.9 Å². The van der Waals surface area contributed by atoms with Crippen molar-refractivity contribution in [3.05, 3.63) is 59.3 Å². The second-order valence-corrected chi connectivity index (χ2v) is 5.31. The van der Waals surface area contributed by atoms with Crippen LogP contribution in [0.25, 0.3) is 0 Å². The van der Waals surface area contributed by atoms with E-state index in [1.165, 1.54) is 6.08 Å². The fourth-order valence-electron chi connectivity index (χ4n) is 2.55. The Labute approximate surface area is 133 Å². The molecule has 0 unspecified atom stereocenters. The quantitative estimate of drug-likeness (QED) is 0.687. The van der Waals surface area contributed by atoms with E-state index in [9.17, 15) is 4.79 Å². The molecule has 7 nitrogen and oxygen atoms in total. The second kappa shape index (κ2) is 6.04. The average molecular weight is 311 g/mol. The molecule has 118 valence electrons. The molecule has 1 aromatic carbocycles. The Morgan fingerprint density at radius 3 is 2.83 bits per heavy atom.